The molecule has 3 rings (SSSR count). The van der Waals surface area contributed by atoms with E-state index in [-0.39, 0.29) is 12.1 Å². The summed E-state index contributed by atoms with van der Waals surface area (Å²) in [5.41, 5.74) is 0. The van der Waals surface area contributed by atoms with Crippen molar-refractivity contribution in [3.63, 3.8) is 0 Å². The van der Waals surface area contributed by atoms with Crippen molar-refractivity contribution >= 4 is 27.5 Å². The summed E-state index contributed by atoms with van der Waals surface area (Å²) in [5.74, 6) is 0. The lowest BCUT2D eigenvalue weighted by atomic mass is 10.2. The minimum absolute atomic E-state index is 0.0691. The van der Waals surface area contributed by atoms with Crippen LogP contribution in [0.3, 0.4) is 0 Å². The highest BCUT2D eigenvalue weighted by Crippen LogP contribution is 2.29. The van der Waals surface area contributed by atoms with Crippen molar-refractivity contribution in [3.05, 3.63) is 17.0 Å². The first kappa shape index (κ1) is 14.8. The lowest BCUT2D eigenvalue weighted by Crippen LogP contribution is -2.39. The van der Waals surface area contributed by atoms with Crippen molar-refractivity contribution in [1.29, 1.82) is 0 Å². The normalized spacial score (nSPS) is 23.8. The van der Waals surface area contributed by atoms with Gasteiger partial charge >= 0.3 is 6.09 Å². The number of cyclic esters (lactones) is 1. The van der Waals surface area contributed by atoms with E-state index >= 15 is 0 Å². The van der Waals surface area contributed by atoms with E-state index in [1.807, 2.05) is 13.0 Å². The zero-order valence-electron chi connectivity index (χ0n) is 11.8. The fourth-order valence-electron chi connectivity index (χ4n) is 2.73. The number of carbonyl (C=O) groups is 1. The first-order valence-electron chi connectivity index (χ1n) is 7.04. The topological polar surface area (TPSA) is 66.9 Å². The van der Waals surface area contributed by atoms with Crippen molar-refractivity contribution < 1.29 is 17.9 Å². The van der Waals surface area contributed by atoms with Gasteiger partial charge in [0.2, 0.25) is 0 Å². The van der Waals surface area contributed by atoms with Gasteiger partial charge in [0.25, 0.3) is 10.0 Å². The number of aryl methyl sites for hydroxylation is 1. The largest absolute Gasteiger partial charge is 0.448 e. The molecule has 1 aromatic rings. The summed E-state index contributed by atoms with van der Waals surface area (Å²) in [4.78, 5) is 14.3. The molecule has 21 heavy (non-hydrogen) atoms. The van der Waals surface area contributed by atoms with Crippen molar-refractivity contribution in [1.82, 2.24) is 9.21 Å². The molecule has 2 aliphatic rings. The lowest BCUT2D eigenvalue weighted by molar-refractivity contribution is 0.149. The quantitative estimate of drug-likeness (QED) is 0.839. The van der Waals surface area contributed by atoms with Crippen LogP contribution in [0.1, 0.15) is 18.2 Å². The van der Waals surface area contributed by atoms with Crippen LogP contribution in [0.4, 0.5) is 4.79 Å². The van der Waals surface area contributed by atoms with E-state index in [2.05, 4.69) is 0 Å². The average molecular weight is 330 g/mol. The maximum atomic E-state index is 12.6. The van der Waals surface area contributed by atoms with Gasteiger partial charge in [-0.15, -0.1) is 11.3 Å². The molecule has 1 amide bonds. The van der Waals surface area contributed by atoms with E-state index in [1.165, 1.54) is 15.6 Å². The molecule has 0 aliphatic carbocycles. The van der Waals surface area contributed by atoms with Gasteiger partial charge < -0.3 is 9.64 Å². The minimum atomic E-state index is -3.43. The summed E-state index contributed by atoms with van der Waals surface area (Å²) in [5, 5.41) is 0. The third-order valence-corrected chi connectivity index (χ3v) is 7.50. The standard InChI is InChI=1S/C13H18N2O4S2/c1-2-11-3-4-12(20-11)21(17,18)14-6-5-10(9-14)15-7-8-19-13(15)16/h3-4,10H,2,5-9H2,1H3/t10-/m0/s1. The van der Waals surface area contributed by atoms with E-state index in [4.69, 9.17) is 4.74 Å². The minimum Gasteiger partial charge on any atom is -0.448 e. The van der Waals surface area contributed by atoms with Gasteiger partial charge in [-0.05, 0) is 25.0 Å². The Morgan fingerprint density at radius 3 is 2.81 bits per heavy atom. The molecule has 0 saturated carbocycles. The van der Waals surface area contributed by atoms with Crippen LogP contribution in [-0.2, 0) is 21.2 Å². The molecule has 0 bridgehead atoms. The highest BCUT2D eigenvalue weighted by Gasteiger charge is 2.39. The number of amides is 1. The van der Waals surface area contributed by atoms with Crippen LogP contribution in [0.2, 0.25) is 0 Å². The molecule has 0 unspecified atom stereocenters. The van der Waals surface area contributed by atoms with Gasteiger partial charge in [0.1, 0.15) is 10.8 Å². The Bertz CT molecular complexity index is 640. The van der Waals surface area contributed by atoms with E-state index in [0.29, 0.717) is 36.9 Å². The zero-order chi connectivity index (χ0) is 15.0. The highest BCUT2D eigenvalue weighted by molar-refractivity contribution is 7.91. The van der Waals surface area contributed by atoms with E-state index in [9.17, 15) is 13.2 Å². The van der Waals surface area contributed by atoms with Crippen LogP contribution in [0, 0.1) is 0 Å². The monoisotopic (exact) mass is 330 g/mol. The van der Waals surface area contributed by atoms with Crippen LogP contribution < -0.4 is 0 Å². The first-order chi connectivity index (χ1) is 10.0. The van der Waals surface area contributed by atoms with Crippen LogP contribution in [-0.4, -0.2) is 56.0 Å². The molecule has 0 radical (unpaired) electrons. The molecule has 1 aromatic heterocycles. The van der Waals surface area contributed by atoms with Crippen molar-refractivity contribution in [3.8, 4) is 0 Å². The lowest BCUT2D eigenvalue weighted by Gasteiger charge is -2.21. The number of sulfonamides is 1. The van der Waals surface area contributed by atoms with E-state index in [1.54, 1.807) is 11.0 Å². The third kappa shape index (κ3) is 2.67. The number of hydrogen-bond acceptors (Lipinski definition) is 5. The predicted molar refractivity (Wildman–Crippen MR) is 78.9 cm³/mol. The number of rotatable bonds is 4. The maximum absolute atomic E-state index is 12.6. The summed E-state index contributed by atoms with van der Waals surface area (Å²) in [6.45, 7) is 3.77. The molecule has 2 fully saturated rings. The number of ether oxygens (including phenoxy) is 1. The summed E-state index contributed by atoms with van der Waals surface area (Å²) in [7, 11) is -3.43. The second-order valence-electron chi connectivity index (χ2n) is 5.19. The first-order valence-corrected chi connectivity index (χ1v) is 9.30. The average Bonchev–Trinajstić information content (AvgIpc) is 3.18. The molecule has 116 valence electrons. The molecule has 0 aromatic carbocycles. The Balaban J connectivity index is 1.74. The van der Waals surface area contributed by atoms with Gasteiger partial charge in [-0.3, -0.25) is 0 Å². The Hall–Kier alpha value is -1.12. The SMILES string of the molecule is CCc1ccc(S(=O)(=O)N2CC[C@H](N3CCOC3=O)C2)s1. The molecule has 0 N–H and O–H groups in total. The Morgan fingerprint density at radius 2 is 2.19 bits per heavy atom. The van der Waals surface area contributed by atoms with Crippen molar-refractivity contribution in [2.75, 3.05) is 26.2 Å². The molecule has 2 saturated heterocycles. The van der Waals surface area contributed by atoms with E-state index < -0.39 is 10.0 Å². The molecule has 6 nitrogen and oxygen atoms in total. The molecule has 8 heteroatoms. The van der Waals surface area contributed by atoms with Gasteiger partial charge in [-0.2, -0.15) is 4.31 Å². The Kier molecular flexibility index (Phi) is 3.94. The molecular weight excluding hydrogens is 312 g/mol. The zero-order valence-corrected chi connectivity index (χ0v) is 13.5. The molecular formula is C13H18N2O4S2. The van der Waals surface area contributed by atoms with Crippen LogP contribution in [0.25, 0.3) is 0 Å². The van der Waals surface area contributed by atoms with Gasteiger partial charge in [0.15, 0.2) is 0 Å². The molecule has 3 heterocycles. The van der Waals surface area contributed by atoms with Crippen LogP contribution >= 0.6 is 11.3 Å². The smallest absolute Gasteiger partial charge is 0.410 e. The molecule has 1 atom stereocenters. The van der Waals surface area contributed by atoms with Crippen LogP contribution in [0.5, 0.6) is 0 Å². The molecule has 0 spiro atoms. The van der Waals surface area contributed by atoms with Gasteiger partial charge in [0.05, 0.1) is 12.6 Å². The maximum Gasteiger partial charge on any atom is 0.410 e. The Morgan fingerprint density at radius 1 is 1.38 bits per heavy atom. The van der Waals surface area contributed by atoms with Crippen molar-refractivity contribution in [2.45, 2.75) is 30.0 Å². The summed E-state index contributed by atoms with van der Waals surface area (Å²) in [6, 6.07) is 3.47. The fourth-order valence-corrected chi connectivity index (χ4v) is 5.68. The van der Waals surface area contributed by atoms with Crippen LogP contribution in [0.15, 0.2) is 16.3 Å². The summed E-state index contributed by atoms with van der Waals surface area (Å²) in [6.07, 6.45) is 1.17. The number of hydrogen-bond donors (Lipinski definition) is 0. The number of carbonyl (C=O) groups excluding carboxylic acids is 1. The Labute approximate surface area is 128 Å². The van der Waals surface area contributed by atoms with Gasteiger partial charge in [-0.25, -0.2) is 13.2 Å². The highest BCUT2D eigenvalue weighted by atomic mass is 32.2. The summed E-state index contributed by atoms with van der Waals surface area (Å²) >= 11 is 1.33. The number of nitrogens with zero attached hydrogens (tertiary/aromatic N) is 2. The molecule has 2 aliphatic heterocycles. The number of thiophene rings is 1. The predicted octanol–water partition coefficient (Wildman–Crippen LogP) is 1.53. The summed E-state index contributed by atoms with van der Waals surface area (Å²) < 4.78 is 32.0. The second kappa shape index (κ2) is 5.58. The van der Waals surface area contributed by atoms with Gasteiger partial charge in [-0.1, -0.05) is 6.92 Å². The van der Waals surface area contributed by atoms with E-state index in [0.717, 1.165) is 11.3 Å². The fraction of sp³-hybridized carbons (Fsp3) is 0.615. The van der Waals surface area contributed by atoms with Crippen molar-refractivity contribution in [2.24, 2.45) is 0 Å². The van der Waals surface area contributed by atoms with Gasteiger partial charge in [0, 0.05) is 18.0 Å². The second-order valence-corrected chi connectivity index (χ2v) is 8.52. The third-order valence-electron chi connectivity index (χ3n) is 3.94.